The van der Waals surface area contributed by atoms with E-state index in [1.807, 2.05) is 6.92 Å². The number of nitrogens with zero attached hydrogens (tertiary/aromatic N) is 1. The van der Waals surface area contributed by atoms with Crippen LogP contribution in [0.2, 0.25) is 0 Å². The molecule has 0 unspecified atom stereocenters. The number of likely N-dealkylation sites (tertiary alicyclic amines) is 1. The number of amides is 1. The van der Waals surface area contributed by atoms with Crippen LogP contribution < -0.4 is 0 Å². The normalized spacial score (nSPS) is 38.5. The van der Waals surface area contributed by atoms with Crippen molar-refractivity contribution in [3.63, 3.8) is 0 Å². The molecule has 5 nitrogen and oxygen atoms in total. The molecule has 1 saturated heterocycles. The Bertz CT molecular complexity index is 428. The molecule has 1 heterocycles. The summed E-state index contributed by atoms with van der Waals surface area (Å²) in [6.45, 7) is 7.25. The Balaban J connectivity index is 2.41. The number of carbonyl (C=O) groups is 2. The summed E-state index contributed by atoms with van der Waals surface area (Å²) in [5, 5.41) is 11.0. The van der Waals surface area contributed by atoms with Gasteiger partial charge in [-0.1, -0.05) is 6.92 Å². The molecule has 3 atom stereocenters. The highest BCUT2D eigenvalue weighted by molar-refractivity contribution is 5.92. The van der Waals surface area contributed by atoms with E-state index in [4.69, 9.17) is 4.74 Å². The van der Waals surface area contributed by atoms with Crippen LogP contribution in [-0.2, 0) is 14.3 Å². The lowest BCUT2D eigenvalue weighted by molar-refractivity contribution is -0.198. The van der Waals surface area contributed by atoms with E-state index in [-0.39, 0.29) is 18.2 Å². The third-order valence-corrected chi connectivity index (χ3v) is 4.52. The zero-order valence-electron chi connectivity index (χ0n) is 12.3. The van der Waals surface area contributed by atoms with Crippen LogP contribution in [0.15, 0.2) is 0 Å². The number of rotatable bonds is 1. The summed E-state index contributed by atoms with van der Waals surface area (Å²) < 4.78 is 5.46. The van der Waals surface area contributed by atoms with Gasteiger partial charge in [0.15, 0.2) is 5.72 Å². The number of ether oxygens (including phenoxy) is 1. The molecule has 0 aromatic heterocycles. The predicted molar refractivity (Wildman–Crippen MR) is 69.0 cm³/mol. The fraction of sp³-hybridized carbons (Fsp3) is 0.857. The van der Waals surface area contributed by atoms with Crippen molar-refractivity contribution in [3.8, 4) is 0 Å². The molecule has 19 heavy (non-hydrogen) atoms. The number of esters is 1. The van der Waals surface area contributed by atoms with E-state index in [1.54, 1.807) is 27.8 Å². The average Bonchev–Trinajstić information content (AvgIpc) is 2.62. The lowest BCUT2D eigenvalue weighted by atomic mass is 9.77. The first-order valence-electron chi connectivity index (χ1n) is 6.77. The van der Waals surface area contributed by atoms with Crippen molar-refractivity contribution < 1.29 is 19.4 Å². The topological polar surface area (TPSA) is 66.8 Å². The quantitative estimate of drug-likeness (QED) is 0.729. The first kappa shape index (κ1) is 14.3. The van der Waals surface area contributed by atoms with E-state index in [1.165, 1.54) is 4.90 Å². The van der Waals surface area contributed by atoms with Crippen molar-refractivity contribution in [2.24, 2.45) is 11.3 Å². The third kappa shape index (κ3) is 1.78. The molecule has 108 valence electrons. The highest BCUT2D eigenvalue weighted by Crippen LogP contribution is 2.58. The van der Waals surface area contributed by atoms with Crippen LogP contribution in [-0.4, -0.2) is 40.3 Å². The van der Waals surface area contributed by atoms with E-state index >= 15 is 0 Å². The molecule has 1 aliphatic heterocycles. The monoisotopic (exact) mass is 269 g/mol. The molecule has 0 aromatic rings. The number of hydrogen-bond donors (Lipinski definition) is 1. The van der Waals surface area contributed by atoms with Crippen LogP contribution in [0.3, 0.4) is 0 Å². The van der Waals surface area contributed by atoms with E-state index in [9.17, 15) is 14.7 Å². The van der Waals surface area contributed by atoms with Gasteiger partial charge in [-0.3, -0.25) is 9.59 Å². The van der Waals surface area contributed by atoms with E-state index in [0.29, 0.717) is 12.8 Å². The highest BCUT2D eigenvalue weighted by Gasteiger charge is 2.71. The van der Waals surface area contributed by atoms with Crippen molar-refractivity contribution in [2.45, 2.75) is 58.3 Å². The fourth-order valence-electron chi connectivity index (χ4n) is 3.46. The molecule has 0 aromatic carbocycles. The Morgan fingerprint density at radius 1 is 1.47 bits per heavy atom. The maximum Gasteiger partial charge on any atom is 0.318 e. The first-order chi connectivity index (χ1) is 8.54. The minimum absolute atomic E-state index is 0.0409. The van der Waals surface area contributed by atoms with Gasteiger partial charge in [-0.2, -0.15) is 0 Å². The summed E-state index contributed by atoms with van der Waals surface area (Å²) in [6, 6.07) is 0. The van der Waals surface area contributed by atoms with E-state index in [2.05, 4.69) is 0 Å². The van der Waals surface area contributed by atoms with Crippen molar-refractivity contribution in [3.05, 3.63) is 0 Å². The summed E-state index contributed by atoms with van der Waals surface area (Å²) in [4.78, 5) is 25.8. The van der Waals surface area contributed by atoms with E-state index < -0.39 is 22.7 Å². The van der Waals surface area contributed by atoms with Gasteiger partial charge in [0.05, 0.1) is 0 Å². The molecule has 1 saturated carbocycles. The smallest absolute Gasteiger partial charge is 0.318 e. The largest absolute Gasteiger partial charge is 0.459 e. The van der Waals surface area contributed by atoms with Crippen molar-refractivity contribution in [2.75, 3.05) is 7.05 Å². The van der Waals surface area contributed by atoms with Gasteiger partial charge in [0.25, 0.3) is 0 Å². The number of hydrogen-bond acceptors (Lipinski definition) is 4. The molecular formula is C14H23NO4. The molecule has 2 aliphatic rings. The molecule has 0 spiro atoms. The van der Waals surface area contributed by atoms with Crippen LogP contribution in [0, 0.1) is 11.3 Å². The van der Waals surface area contributed by atoms with Crippen molar-refractivity contribution >= 4 is 11.9 Å². The molecule has 5 heteroatoms. The van der Waals surface area contributed by atoms with Gasteiger partial charge < -0.3 is 14.7 Å². The minimum Gasteiger partial charge on any atom is -0.459 e. The second-order valence-corrected chi connectivity index (χ2v) is 6.88. The van der Waals surface area contributed by atoms with Crippen LogP contribution in [0.25, 0.3) is 0 Å². The van der Waals surface area contributed by atoms with Crippen molar-refractivity contribution in [1.29, 1.82) is 0 Å². The first-order valence-corrected chi connectivity index (χ1v) is 6.77. The Labute approximate surface area is 113 Å². The molecule has 1 amide bonds. The predicted octanol–water partition coefficient (Wildman–Crippen LogP) is 1.30. The van der Waals surface area contributed by atoms with Gasteiger partial charge in [0.2, 0.25) is 5.91 Å². The Kier molecular flexibility index (Phi) is 2.97. The van der Waals surface area contributed by atoms with E-state index in [0.717, 1.165) is 0 Å². The fourth-order valence-corrected chi connectivity index (χ4v) is 3.46. The lowest BCUT2D eigenvalue weighted by Gasteiger charge is -2.41. The van der Waals surface area contributed by atoms with Crippen LogP contribution >= 0.6 is 0 Å². The minimum atomic E-state index is -1.41. The Morgan fingerprint density at radius 3 is 2.58 bits per heavy atom. The zero-order valence-corrected chi connectivity index (χ0v) is 12.3. The van der Waals surface area contributed by atoms with Gasteiger partial charge in [-0.05, 0) is 33.6 Å². The Morgan fingerprint density at radius 2 is 2.05 bits per heavy atom. The summed E-state index contributed by atoms with van der Waals surface area (Å²) in [5.41, 5.74) is -3.14. The van der Waals surface area contributed by atoms with Crippen LogP contribution in [0.1, 0.15) is 47.0 Å². The lowest BCUT2D eigenvalue weighted by Crippen LogP contribution is -2.57. The molecule has 0 radical (unpaired) electrons. The average molecular weight is 269 g/mol. The maximum absolute atomic E-state index is 12.5. The second kappa shape index (κ2) is 3.95. The number of carbonyl (C=O) groups excluding carboxylic acids is 2. The molecule has 0 bridgehead atoms. The maximum atomic E-state index is 12.5. The van der Waals surface area contributed by atoms with Crippen molar-refractivity contribution in [1.82, 2.24) is 4.90 Å². The van der Waals surface area contributed by atoms with Gasteiger partial charge in [0.1, 0.15) is 11.0 Å². The summed E-state index contributed by atoms with van der Waals surface area (Å²) in [6.07, 6.45) is 1.25. The number of aliphatic hydroxyl groups is 1. The molecule has 2 rings (SSSR count). The molecule has 1 aliphatic carbocycles. The highest BCUT2D eigenvalue weighted by atomic mass is 16.6. The van der Waals surface area contributed by atoms with Gasteiger partial charge in [0, 0.05) is 19.4 Å². The molecule has 1 N–H and O–H groups in total. The molecule has 2 fully saturated rings. The summed E-state index contributed by atoms with van der Waals surface area (Å²) in [7, 11) is 1.57. The van der Waals surface area contributed by atoms with Gasteiger partial charge >= 0.3 is 5.97 Å². The standard InChI is InChI=1S/C14H23NO4/c1-9-6-7-13(11(17)19-12(2,3)4)8-10(16)15(5)14(9,13)18/h9,18H,6-8H2,1-5H3/t9-,13-,14+/m1/s1. The summed E-state index contributed by atoms with van der Waals surface area (Å²) in [5.74, 6) is -0.777. The zero-order chi connectivity index (χ0) is 14.6. The number of fused-ring (bicyclic) bond motifs is 1. The Hall–Kier alpha value is -1.10. The second-order valence-electron chi connectivity index (χ2n) is 6.88. The van der Waals surface area contributed by atoms with Crippen LogP contribution in [0.4, 0.5) is 0 Å². The van der Waals surface area contributed by atoms with Crippen LogP contribution in [0.5, 0.6) is 0 Å². The molecular weight excluding hydrogens is 246 g/mol. The SMILES string of the molecule is C[C@@H]1CC[C@]2(C(=O)OC(C)(C)C)CC(=O)N(C)[C@]12O. The third-order valence-electron chi connectivity index (χ3n) is 4.52. The van der Waals surface area contributed by atoms with Gasteiger partial charge in [-0.25, -0.2) is 0 Å². The van der Waals surface area contributed by atoms with Gasteiger partial charge in [-0.15, -0.1) is 0 Å². The summed E-state index contributed by atoms with van der Waals surface area (Å²) >= 11 is 0.